The summed E-state index contributed by atoms with van der Waals surface area (Å²) in [5, 5.41) is 13.4. The number of aliphatic hydroxyl groups excluding tert-OH is 1. The molecule has 1 aromatic carbocycles. The summed E-state index contributed by atoms with van der Waals surface area (Å²) >= 11 is 0. The van der Waals surface area contributed by atoms with Gasteiger partial charge in [-0.25, -0.2) is 13.9 Å². The number of nitrogens with one attached hydrogen (secondary N) is 1. The number of esters is 1. The highest BCUT2D eigenvalue weighted by atomic mass is 31.2. The van der Waals surface area contributed by atoms with Crippen molar-refractivity contribution in [2.45, 2.75) is 50.4 Å². The molecule has 2 fully saturated rings. The second-order valence-corrected chi connectivity index (χ2v) is 11.5. The lowest BCUT2D eigenvalue weighted by molar-refractivity contribution is -0.142. The van der Waals surface area contributed by atoms with Gasteiger partial charge in [-0.3, -0.25) is 13.9 Å². The van der Waals surface area contributed by atoms with Crippen LogP contribution in [0.4, 0.5) is 16.2 Å². The molecule has 6 atom stereocenters. The van der Waals surface area contributed by atoms with Gasteiger partial charge in [0, 0.05) is 13.1 Å². The van der Waals surface area contributed by atoms with Gasteiger partial charge >= 0.3 is 13.7 Å². The first-order chi connectivity index (χ1) is 19.0. The van der Waals surface area contributed by atoms with Gasteiger partial charge in [0.05, 0.1) is 20.0 Å². The van der Waals surface area contributed by atoms with E-state index in [2.05, 4.69) is 24.8 Å². The first-order valence-electron chi connectivity index (χ1n) is 12.6. The lowest BCUT2D eigenvalue weighted by Gasteiger charge is -2.32. The van der Waals surface area contributed by atoms with Crippen LogP contribution in [0.2, 0.25) is 0 Å². The minimum atomic E-state index is -4.25. The van der Waals surface area contributed by atoms with Crippen molar-refractivity contribution in [2.24, 2.45) is 0 Å². The molecular weight excluding hydrogens is 548 g/mol. The number of ether oxygens (including phenoxy) is 2. The van der Waals surface area contributed by atoms with Crippen molar-refractivity contribution in [3.05, 3.63) is 36.7 Å². The van der Waals surface area contributed by atoms with Crippen LogP contribution in [0.1, 0.15) is 26.5 Å². The number of nitrogens with two attached hydrogens (primary N) is 1. The number of carbonyl (C=O) groups excluding carboxylic acids is 1. The molecule has 2 aliphatic rings. The summed E-state index contributed by atoms with van der Waals surface area (Å²) in [6, 6.07) is 7.07. The average Bonchev–Trinajstić information content (AvgIpc) is 3.39. The normalized spacial score (nSPS) is 26.7. The SMILES string of the molecule is COC(=O)C(C)NP(=O)(OC[C@H]1O[C@@H](n2cnc3c(N4CCC4)nc(N)nc32)[C@](C)(F)[C@@H]1O)Oc1ccccc1. The highest BCUT2D eigenvalue weighted by molar-refractivity contribution is 7.52. The molecule has 40 heavy (non-hydrogen) atoms. The number of nitrogens with zero attached hydrogens (tertiary/aromatic N) is 5. The Morgan fingerprint density at radius 2 is 2.08 bits per heavy atom. The predicted octanol–water partition coefficient (Wildman–Crippen LogP) is 1.96. The number of alkyl halides is 1. The molecule has 0 bridgehead atoms. The highest BCUT2D eigenvalue weighted by Crippen LogP contribution is 2.48. The van der Waals surface area contributed by atoms with E-state index in [1.807, 2.05) is 4.90 Å². The van der Waals surface area contributed by atoms with Crippen LogP contribution in [0, 0.1) is 0 Å². The maximum absolute atomic E-state index is 16.0. The highest BCUT2D eigenvalue weighted by Gasteiger charge is 2.56. The fraction of sp³-hybridized carbons (Fsp3) is 0.500. The number of fused-ring (bicyclic) bond motifs is 1. The predicted molar refractivity (Wildman–Crippen MR) is 141 cm³/mol. The largest absolute Gasteiger partial charge is 0.468 e. The molecule has 0 radical (unpaired) electrons. The lowest BCUT2D eigenvalue weighted by atomic mass is 9.98. The van der Waals surface area contributed by atoms with E-state index in [4.69, 9.17) is 19.5 Å². The van der Waals surface area contributed by atoms with Crippen molar-refractivity contribution in [2.75, 3.05) is 37.4 Å². The molecule has 4 heterocycles. The Morgan fingerprint density at radius 1 is 1.35 bits per heavy atom. The van der Waals surface area contributed by atoms with Crippen LogP contribution in [0.5, 0.6) is 5.75 Å². The number of hydrogen-bond donors (Lipinski definition) is 3. The zero-order valence-electron chi connectivity index (χ0n) is 22.1. The molecule has 2 aromatic heterocycles. The number of halogens is 1. The van der Waals surface area contributed by atoms with Gasteiger partial charge < -0.3 is 29.7 Å². The van der Waals surface area contributed by atoms with E-state index in [-0.39, 0.29) is 17.3 Å². The van der Waals surface area contributed by atoms with Crippen molar-refractivity contribution in [3.8, 4) is 5.75 Å². The number of benzene rings is 1. The first kappa shape index (κ1) is 28.2. The number of aromatic nitrogens is 4. The molecule has 0 amide bonds. The van der Waals surface area contributed by atoms with E-state index in [0.717, 1.165) is 19.5 Å². The zero-order valence-corrected chi connectivity index (χ0v) is 23.0. The van der Waals surface area contributed by atoms with E-state index in [9.17, 15) is 14.5 Å². The number of imidazole rings is 1. The van der Waals surface area contributed by atoms with E-state index in [0.29, 0.717) is 11.3 Å². The molecule has 16 heteroatoms. The number of carbonyl (C=O) groups is 1. The van der Waals surface area contributed by atoms with Crippen LogP contribution >= 0.6 is 7.75 Å². The molecule has 14 nitrogen and oxygen atoms in total. The Kier molecular flexibility index (Phi) is 7.68. The van der Waals surface area contributed by atoms with Crippen molar-refractivity contribution < 1.29 is 37.4 Å². The van der Waals surface area contributed by atoms with E-state index < -0.39 is 50.5 Å². The van der Waals surface area contributed by atoms with Crippen molar-refractivity contribution in [3.63, 3.8) is 0 Å². The van der Waals surface area contributed by atoms with Gasteiger partial charge in [-0.15, -0.1) is 0 Å². The van der Waals surface area contributed by atoms with Gasteiger partial charge in [0.15, 0.2) is 28.9 Å². The number of nitrogen functional groups attached to an aromatic ring is 1. The van der Waals surface area contributed by atoms with Crippen LogP contribution in [0.15, 0.2) is 36.7 Å². The third-order valence-electron chi connectivity index (χ3n) is 6.83. The van der Waals surface area contributed by atoms with Crippen molar-refractivity contribution >= 4 is 36.6 Å². The first-order valence-corrected chi connectivity index (χ1v) is 14.2. The maximum Gasteiger partial charge on any atom is 0.459 e. The minimum Gasteiger partial charge on any atom is -0.468 e. The summed E-state index contributed by atoms with van der Waals surface area (Å²) < 4.78 is 52.8. The number of anilines is 2. The Morgan fingerprint density at radius 3 is 2.73 bits per heavy atom. The average molecular weight is 580 g/mol. The Hall–Kier alpha value is -3.36. The molecule has 2 unspecified atom stereocenters. The van der Waals surface area contributed by atoms with Gasteiger partial charge in [-0.1, -0.05) is 18.2 Å². The molecule has 5 rings (SSSR count). The monoisotopic (exact) mass is 579 g/mol. The summed E-state index contributed by atoms with van der Waals surface area (Å²) in [4.78, 5) is 26.9. The summed E-state index contributed by atoms with van der Waals surface area (Å²) in [6.45, 7) is 3.60. The minimum absolute atomic E-state index is 0.0139. The van der Waals surface area contributed by atoms with Gasteiger partial charge in [0.1, 0.15) is 24.0 Å². The molecule has 3 aromatic rings. The third-order valence-corrected chi connectivity index (χ3v) is 8.47. The molecule has 4 N–H and O–H groups in total. The van der Waals surface area contributed by atoms with Crippen LogP contribution < -0.4 is 20.2 Å². The van der Waals surface area contributed by atoms with Crippen LogP contribution in [0.3, 0.4) is 0 Å². The molecule has 216 valence electrons. The Bertz CT molecular complexity index is 1420. The second kappa shape index (κ2) is 10.9. The topological polar surface area (TPSA) is 176 Å². The summed E-state index contributed by atoms with van der Waals surface area (Å²) in [5.41, 5.74) is 4.26. The van der Waals surface area contributed by atoms with Gasteiger partial charge in [-0.2, -0.15) is 15.1 Å². The van der Waals surface area contributed by atoms with Gasteiger partial charge in [-0.05, 0) is 32.4 Å². The van der Waals surface area contributed by atoms with Gasteiger partial charge in [0.25, 0.3) is 0 Å². The standard InChI is InChI=1S/C24H31FN7O7P/c1-14(21(34)36-3)30-40(35,39-15-8-5-4-6-9-15)37-12-16-18(33)24(2,25)22(38-16)32-13-27-17-19(31-10-7-11-31)28-23(26)29-20(17)32/h4-6,8-9,13-14,16,18,22,33H,7,10-12H2,1-3H3,(H,30,35)(H2,26,28,29)/t14?,16-,18-,22-,24-,40?/m1/s1. The summed E-state index contributed by atoms with van der Waals surface area (Å²) in [5.74, 6) is 0.00719. The number of para-hydroxylation sites is 1. The Balaban J connectivity index is 1.38. The maximum atomic E-state index is 16.0. The quantitative estimate of drug-likeness (QED) is 0.235. The van der Waals surface area contributed by atoms with Crippen molar-refractivity contribution in [1.29, 1.82) is 0 Å². The second-order valence-electron chi connectivity index (χ2n) is 9.76. The molecule has 2 aliphatic heterocycles. The van der Waals surface area contributed by atoms with E-state index in [1.54, 1.807) is 30.3 Å². The van der Waals surface area contributed by atoms with Crippen LogP contribution in [-0.4, -0.2) is 81.3 Å². The van der Waals surface area contributed by atoms with E-state index in [1.165, 1.54) is 31.9 Å². The number of aliphatic hydroxyl groups is 1. The summed E-state index contributed by atoms with van der Waals surface area (Å²) in [7, 11) is -3.07. The number of hydrogen-bond acceptors (Lipinski definition) is 12. The molecule has 0 saturated carbocycles. The van der Waals surface area contributed by atoms with Crippen molar-refractivity contribution in [1.82, 2.24) is 24.6 Å². The van der Waals surface area contributed by atoms with E-state index >= 15 is 4.39 Å². The smallest absolute Gasteiger partial charge is 0.459 e. The van der Waals surface area contributed by atoms with Gasteiger partial charge in [0.2, 0.25) is 5.95 Å². The molecule has 2 saturated heterocycles. The summed E-state index contributed by atoms with van der Waals surface area (Å²) in [6.07, 6.45) is -2.01. The number of methoxy groups -OCH3 is 1. The van der Waals surface area contributed by atoms with Crippen LogP contribution in [-0.2, 0) is 23.4 Å². The third kappa shape index (κ3) is 5.34. The lowest BCUT2D eigenvalue weighted by Crippen LogP contribution is -2.41. The fourth-order valence-electron chi connectivity index (χ4n) is 4.54. The molecule has 0 spiro atoms. The fourth-order valence-corrected chi connectivity index (χ4v) is 6.04. The Labute approximate surface area is 229 Å². The number of rotatable bonds is 10. The molecular formula is C24H31FN7O7P. The van der Waals surface area contributed by atoms with Crippen LogP contribution in [0.25, 0.3) is 11.2 Å². The zero-order chi connectivity index (χ0) is 28.7. The molecule has 0 aliphatic carbocycles.